The van der Waals surface area contributed by atoms with E-state index in [0.29, 0.717) is 53.4 Å². The molecule has 0 saturated heterocycles. The maximum atomic E-state index is 14.2. The number of aromatic nitrogens is 7. The highest BCUT2D eigenvalue weighted by molar-refractivity contribution is 5.96. The highest BCUT2D eigenvalue weighted by atomic mass is 19.1. The number of amides is 1. The van der Waals surface area contributed by atoms with Gasteiger partial charge in [-0.15, -0.1) is 5.10 Å². The fourth-order valence-electron chi connectivity index (χ4n) is 4.02. The molecule has 0 aliphatic carbocycles. The van der Waals surface area contributed by atoms with Gasteiger partial charge in [-0.05, 0) is 31.1 Å². The molecule has 0 saturated carbocycles. The zero-order valence-corrected chi connectivity index (χ0v) is 18.6. The molecule has 0 radical (unpaired) electrons. The van der Waals surface area contributed by atoms with Gasteiger partial charge in [-0.2, -0.15) is 5.10 Å². The molecule has 1 amide bonds. The molecule has 34 heavy (non-hydrogen) atoms. The van der Waals surface area contributed by atoms with Crippen molar-refractivity contribution >= 4 is 28.5 Å². The van der Waals surface area contributed by atoms with Crippen LogP contribution in [0.5, 0.6) is 0 Å². The molecule has 4 heterocycles. The second-order valence-electron chi connectivity index (χ2n) is 7.86. The normalized spacial score (nSPS) is 14.8. The average molecular weight is 463 g/mol. The lowest BCUT2D eigenvalue weighted by Gasteiger charge is -2.24. The van der Waals surface area contributed by atoms with Crippen LogP contribution in [0, 0.1) is 5.82 Å². The van der Waals surface area contributed by atoms with Crippen molar-refractivity contribution in [2.24, 2.45) is 0 Å². The number of rotatable bonds is 4. The van der Waals surface area contributed by atoms with Crippen molar-refractivity contribution in [2.75, 3.05) is 25.9 Å². The average Bonchev–Trinajstić information content (AvgIpc) is 3.50. The summed E-state index contributed by atoms with van der Waals surface area (Å²) in [6.07, 6.45) is 5.18. The molecular formula is C22H22FN9O2. The van der Waals surface area contributed by atoms with E-state index in [2.05, 4.69) is 20.3 Å². The molecule has 1 unspecified atom stereocenters. The Morgan fingerprint density at radius 2 is 2.09 bits per heavy atom. The molecule has 12 heteroatoms. The minimum atomic E-state index is -0.399. The lowest BCUT2D eigenvalue weighted by Crippen LogP contribution is -2.34. The number of fused-ring (bicyclic) bond motifs is 1. The number of hydrogen-bond donors (Lipinski definition) is 1. The summed E-state index contributed by atoms with van der Waals surface area (Å²) in [5.74, 6) is -0.0889. The summed E-state index contributed by atoms with van der Waals surface area (Å²) in [6.45, 7) is 2.79. The van der Waals surface area contributed by atoms with Crippen molar-refractivity contribution in [3.63, 3.8) is 0 Å². The van der Waals surface area contributed by atoms with Crippen molar-refractivity contribution < 1.29 is 13.9 Å². The topological polar surface area (TPSA) is 130 Å². The fourth-order valence-corrected chi connectivity index (χ4v) is 4.02. The van der Waals surface area contributed by atoms with Crippen LogP contribution in [0.15, 0.2) is 42.9 Å². The van der Waals surface area contributed by atoms with E-state index in [1.54, 1.807) is 34.0 Å². The number of benzene rings is 1. The van der Waals surface area contributed by atoms with Crippen LogP contribution in [-0.2, 0) is 4.74 Å². The number of hydrogen-bond acceptors (Lipinski definition) is 8. The Balaban J connectivity index is 1.53. The molecule has 174 valence electrons. The minimum absolute atomic E-state index is 0.300. The maximum absolute atomic E-state index is 14.2. The van der Waals surface area contributed by atoms with Gasteiger partial charge in [0.05, 0.1) is 24.7 Å². The van der Waals surface area contributed by atoms with E-state index in [1.165, 1.54) is 24.2 Å². The van der Waals surface area contributed by atoms with Crippen molar-refractivity contribution in [3.8, 4) is 5.69 Å². The van der Waals surface area contributed by atoms with E-state index in [1.807, 2.05) is 13.0 Å². The number of nitrogens with two attached hydrogens (primary N) is 1. The molecule has 1 aliphatic rings. The summed E-state index contributed by atoms with van der Waals surface area (Å²) in [5.41, 5.74) is 9.24. The van der Waals surface area contributed by atoms with Gasteiger partial charge in [-0.1, -0.05) is 23.4 Å². The van der Waals surface area contributed by atoms with E-state index >= 15 is 0 Å². The Labute approximate surface area is 193 Å². The molecule has 0 spiro atoms. The number of halogens is 1. The van der Waals surface area contributed by atoms with E-state index < -0.39 is 5.82 Å². The number of ether oxygens (including phenoxy) is 1. The van der Waals surface area contributed by atoms with E-state index in [9.17, 15) is 9.18 Å². The lowest BCUT2D eigenvalue weighted by atomic mass is 10.0. The molecule has 1 aliphatic heterocycles. The largest absolute Gasteiger partial charge is 0.453 e. The zero-order chi connectivity index (χ0) is 23.8. The molecule has 5 rings (SSSR count). The van der Waals surface area contributed by atoms with Crippen LogP contribution in [0.2, 0.25) is 0 Å². The highest BCUT2D eigenvalue weighted by Crippen LogP contribution is 2.33. The summed E-state index contributed by atoms with van der Waals surface area (Å²) >= 11 is 0. The van der Waals surface area contributed by atoms with Crippen molar-refractivity contribution in [1.29, 1.82) is 0 Å². The summed E-state index contributed by atoms with van der Waals surface area (Å²) in [4.78, 5) is 22.0. The predicted molar refractivity (Wildman–Crippen MR) is 121 cm³/mol. The van der Waals surface area contributed by atoms with Crippen LogP contribution in [0.1, 0.15) is 30.8 Å². The van der Waals surface area contributed by atoms with Gasteiger partial charge < -0.3 is 15.4 Å². The Bertz CT molecular complexity index is 1410. The summed E-state index contributed by atoms with van der Waals surface area (Å²) in [5, 5.41) is 13.8. The van der Waals surface area contributed by atoms with Gasteiger partial charge in [0.25, 0.3) is 0 Å². The van der Waals surface area contributed by atoms with E-state index in [-0.39, 0.29) is 12.1 Å². The third-order valence-corrected chi connectivity index (χ3v) is 5.87. The number of para-hydroxylation sites is 1. The number of anilines is 1. The van der Waals surface area contributed by atoms with Crippen molar-refractivity contribution in [1.82, 2.24) is 39.6 Å². The van der Waals surface area contributed by atoms with Gasteiger partial charge in [-0.3, -0.25) is 0 Å². The van der Waals surface area contributed by atoms with Crippen LogP contribution in [0.25, 0.3) is 22.3 Å². The first-order chi connectivity index (χ1) is 16.5. The van der Waals surface area contributed by atoms with Crippen molar-refractivity contribution in [2.45, 2.75) is 19.4 Å². The van der Waals surface area contributed by atoms with Crippen LogP contribution in [0.4, 0.5) is 15.0 Å². The summed E-state index contributed by atoms with van der Waals surface area (Å²) < 4.78 is 22.1. The Morgan fingerprint density at radius 3 is 2.82 bits per heavy atom. The second-order valence-corrected chi connectivity index (χ2v) is 7.86. The number of carbonyl (C=O) groups is 1. The summed E-state index contributed by atoms with van der Waals surface area (Å²) in [7, 11) is 1.36. The first-order valence-corrected chi connectivity index (χ1v) is 10.7. The smallest absolute Gasteiger partial charge is 0.409 e. The van der Waals surface area contributed by atoms with Crippen LogP contribution in [0.3, 0.4) is 0 Å². The molecule has 4 aromatic rings. The minimum Gasteiger partial charge on any atom is -0.453 e. The van der Waals surface area contributed by atoms with Gasteiger partial charge >= 0.3 is 6.09 Å². The zero-order valence-electron chi connectivity index (χ0n) is 18.6. The quantitative estimate of drug-likeness (QED) is 0.489. The number of carbonyl (C=O) groups excluding carboxylic acids is 1. The Hall–Kier alpha value is -4.35. The molecule has 0 bridgehead atoms. The standard InChI is InChI=1S/C22H22FN9O2/c1-13(16-11-31(29-27-16)17-6-4-3-5-15(17)23)32-21-18(20(24)25-12-26-21)19(28-32)14-7-9-30(10-8-14)22(33)34-2/h3-7,11-13H,8-10H2,1-2H3,(H2,24,25,26). The first kappa shape index (κ1) is 21.5. The predicted octanol–water partition coefficient (Wildman–Crippen LogP) is 2.59. The van der Waals surface area contributed by atoms with Gasteiger partial charge in [0, 0.05) is 13.1 Å². The molecule has 1 atom stereocenters. The molecular weight excluding hydrogens is 441 g/mol. The third kappa shape index (κ3) is 3.62. The molecule has 11 nitrogen and oxygen atoms in total. The number of nitrogen functional groups attached to an aromatic ring is 1. The lowest BCUT2D eigenvalue weighted by molar-refractivity contribution is 0.128. The highest BCUT2D eigenvalue weighted by Gasteiger charge is 2.26. The van der Waals surface area contributed by atoms with Crippen LogP contribution < -0.4 is 5.73 Å². The molecule has 2 N–H and O–H groups in total. The van der Waals surface area contributed by atoms with Gasteiger partial charge in [0.1, 0.15) is 35.0 Å². The summed E-state index contributed by atoms with van der Waals surface area (Å²) in [6, 6.07) is 5.97. The van der Waals surface area contributed by atoms with Gasteiger partial charge in [-0.25, -0.2) is 28.5 Å². The first-order valence-electron chi connectivity index (χ1n) is 10.7. The van der Waals surface area contributed by atoms with Gasteiger partial charge in [0.2, 0.25) is 0 Å². The van der Waals surface area contributed by atoms with Gasteiger partial charge in [0.15, 0.2) is 5.65 Å². The second kappa shape index (κ2) is 8.54. The SMILES string of the molecule is COC(=O)N1CC=C(c2nn(C(C)c3cn(-c4ccccc4F)nn3)c3ncnc(N)c23)CC1. The number of methoxy groups -OCH3 is 1. The molecule has 1 aromatic carbocycles. The van der Waals surface area contributed by atoms with Crippen LogP contribution >= 0.6 is 0 Å². The number of nitrogens with zero attached hydrogens (tertiary/aromatic N) is 8. The Morgan fingerprint density at radius 1 is 1.26 bits per heavy atom. The molecule has 3 aromatic heterocycles. The fraction of sp³-hybridized carbons (Fsp3) is 0.273. The monoisotopic (exact) mass is 463 g/mol. The van der Waals surface area contributed by atoms with E-state index in [4.69, 9.17) is 15.6 Å². The maximum Gasteiger partial charge on any atom is 0.409 e. The Kier molecular flexibility index (Phi) is 5.40. The van der Waals surface area contributed by atoms with E-state index in [0.717, 1.165) is 5.57 Å². The third-order valence-electron chi connectivity index (χ3n) is 5.87. The van der Waals surface area contributed by atoms with Crippen molar-refractivity contribution in [3.05, 3.63) is 60.1 Å². The molecule has 0 fully saturated rings. The van der Waals surface area contributed by atoms with Crippen LogP contribution in [-0.4, -0.2) is 65.9 Å².